The lowest BCUT2D eigenvalue weighted by Gasteiger charge is -2.24. The minimum absolute atomic E-state index is 0.0116. The molecule has 0 saturated heterocycles. The van der Waals surface area contributed by atoms with Crippen molar-refractivity contribution in [1.29, 1.82) is 0 Å². The number of carbonyl (C=O) groups is 1. The van der Waals surface area contributed by atoms with Gasteiger partial charge in [-0.1, -0.05) is 70.4 Å². The number of likely N-dealkylation sites (N-methyl/N-ethyl adjacent to an activating group) is 1. The molecular formula is C29H53NO6P+. The van der Waals surface area contributed by atoms with Crippen LogP contribution in [-0.2, 0) is 24.8 Å². The molecule has 1 aromatic carbocycles. The normalized spacial score (nSPS) is 14.3. The summed E-state index contributed by atoms with van der Waals surface area (Å²) in [6.45, 7) is 5.25. The molecule has 1 N–H and O–H groups in total. The Morgan fingerprint density at radius 3 is 2.08 bits per heavy atom. The van der Waals surface area contributed by atoms with Gasteiger partial charge in [0.25, 0.3) is 0 Å². The zero-order valence-electron chi connectivity index (χ0n) is 24.1. The number of unbranched alkanes of at least 4 members (excludes halogenated alkanes) is 8. The number of benzene rings is 1. The standard InChI is InChI=1S/C29H52NO6P/c1-6-7-8-9-10-11-12-13-14-22-34-29-19-17-27(18-20-29)15-16-28(24-26(2)31)25-36-37(32,33)35-23-21-30(3,4)5/h17-20,28H,6-16,21-25H2,1-5H3/p+1. The molecule has 214 valence electrons. The van der Waals surface area contributed by atoms with Gasteiger partial charge in [-0.25, -0.2) is 4.57 Å². The fourth-order valence-corrected chi connectivity index (χ4v) is 4.83. The van der Waals surface area contributed by atoms with Gasteiger partial charge in [-0.05, 0) is 49.8 Å². The van der Waals surface area contributed by atoms with Crippen LogP contribution in [0.4, 0.5) is 0 Å². The SMILES string of the molecule is CCCCCCCCCCCOc1ccc(CCC(COP(=O)(O)OCC[N+](C)(C)C)CC(C)=O)cc1. The van der Waals surface area contributed by atoms with E-state index in [1.807, 2.05) is 45.4 Å². The first-order valence-corrected chi connectivity index (χ1v) is 15.6. The minimum Gasteiger partial charge on any atom is -0.494 e. The van der Waals surface area contributed by atoms with Crippen molar-refractivity contribution in [3.05, 3.63) is 29.8 Å². The predicted octanol–water partition coefficient (Wildman–Crippen LogP) is 6.96. The second-order valence-electron chi connectivity index (χ2n) is 11.2. The Balaban J connectivity index is 2.33. The van der Waals surface area contributed by atoms with Crippen LogP contribution in [0.25, 0.3) is 0 Å². The maximum atomic E-state index is 12.2. The summed E-state index contributed by atoms with van der Waals surface area (Å²) in [7, 11) is 1.79. The Morgan fingerprint density at radius 1 is 0.919 bits per heavy atom. The van der Waals surface area contributed by atoms with Gasteiger partial charge in [-0.3, -0.25) is 9.05 Å². The van der Waals surface area contributed by atoms with Crippen molar-refractivity contribution in [1.82, 2.24) is 0 Å². The van der Waals surface area contributed by atoms with Crippen molar-refractivity contribution in [3.63, 3.8) is 0 Å². The van der Waals surface area contributed by atoms with Gasteiger partial charge in [-0.15, -0.1) is 0 Å². The van der Waals surface area contributed by atoms with E-state index in [2.05, 4.69) is 6.92 Å². The zero-order valence-corrected chi connectivity index (χ0v) is 25.0. The summed E-state index contributed by atoms with van der Waals surface area (Å²) in [6, 6.07) is 8.07. The lowest BCUT2D eigenvalue weighted by molar-refractivity contribution is -0.870. The molecule has 2 atom stereocenters. The van der Waals surface area contributed by atoms with E-state index in [0.717, 1.165) is 30.8 Å². The van der Waals surface area contributed by atoms with Gasteiger partial charge >= 0.3 is 7.82 Å². The molecule has 1 aromatic rings. The number of ketones is 1. The second-order valence-corrected chi connectivity index (χ2v) is 12.7. The summed E-state index contributed by atoms with van der Waals surface area (Å²) >= 11 is 0. The summed E-state index contributed by atoms with van der Waals surface area (Å²) in [5, 5.41) is 0. The second kappa shape index (κ2) is 18.9. The monoisotopic (exact) mass is 542 g/mol. The maximum Gasteiger partial charge on any atom is 0.472 e. The average Bonchev–Trinajstić information content (AvgIpc) is 2.81. The molecule has 7 nitrogen and oxygen atoms in total. The first-order valence-electron chi connectivity index (χ1n) is 14.1. The van der Waals surface area contributed by atoms with Crippen LogP contribution in [0.2, 0.25) is 0 Å². The molecule has 0 aromatic heterocycles. The molecule has 37 heavy (non-hydrogen) atoms. The first-order chi connectivity index (χ1) is 17.5. The number of quaternary nitrogens is 1. The van der Waals surface area contributed by atoms with E-state index in [4.69, 9.17) is 13.8 Å². The topological polar surface area (TPSA) is 82.1 Å². The van der Waals surface area contributed by atoms with E-state index in [-0.39, 0.29) is 24.9 Å². The number of aryl methyl sites for hydroxylation is 1. The van der Waals surface area contributed by atoms with Crippen LogP contribution in [0.3, 0.4) is 0 Å². The number of phosphoric ester groups is 1. The largest absolute Gasteiger partial charge is 0.494 e. The molecule has 1 rings (SSSR count). The van der Waals surface area contributed by atoms with Gasteiger partial charge in [0.2, 0.25) is 0 Å². The fourth-order valence-electron chi connectivity index (χ4n) is 4.04. The molecule has 0 amide bonds. The van der Waals surface area contributed by atoms with E-state index in [1.165, 1.54) is 58.3 Å². The number of hydrogen-bond acceptors (Lipinski definition) is 5. The van der Waals surface area contributed by atoms with Crippen molar-refractivity contribution >= 4 is 13.6 Å². The lowest BCUT2D eigenvalue weighted by atomic mass is 9.96. The van der Waals surface area contributed by atoms with E-state index >= 15 is 0 Å². The highest BCUT2D eigenvalue weighted by molar-refractivity contribution is 7.47. The molecule has 0 aliphatic heterocycles. The Bertz CT molecular complexity index is 778. The van der Waals surface area contributed by atoms with Gasteiger partial charge < -0.3 is 18.9 Å². The van der Waals surface area contributed by atoms with Crippen molar-refractivity contribution in [2.24, 2.45) is 5.92 Å². The quantitative estimate of drug-likeness (QED) is 0.0914. The molecule has 0 aliphatic carbocycles. The van der Waals surface area contributed by atoms with Crippen LogP contribution in [0, 0.1) is 5.92 Å². The first kappa shape index (κ1) is 33.8. The van der Waals surface area contributed by atoms with Crippen LogP contribution in [0.5, 0.6) is 5.75 Å². The Kier molecular flexibility index (Phi) is 17.3. The van der Waals surface area contributed by atoms with E-state index < -0.39 is 7.82 Å². The third-order valence-electron chi connectivity index (χ3n) is 6.35. The van der Waals surface area contributed by atoms with Gasteiger partial charge in [0.1, 0.15) is 24.7 Å². The predicted molar refractivity (Wildman–Crippen MR) is 151 cm³/mol. The van der Waals surface area contributed by atoms with Crippen LogP contribution in [0.1, 0.15) is 90.0 Å². The molecule has 0 fully saturated rings. The molecule has 2 unspecified atom stereocenters. The summed E-state index contributed by atoms with van der Waals surface area (Å²) in [6.07, 6.45) is 13.4. The zero-order chi connectivity index (χ0) is 27.6. The molecule has 8 heteroatoms. The molecule has 0 heterocycles. The molecule has 0 bridgehead atoms. The molecular weight excluding hydrogens is 489 g/mol. The minimum atomic E-state index is -4.14. The average molecular weight is 543 g/mol. The number of nitrogens with zero attached hydrogens (tertiary/aromatic N) is 1. The number of hydrogen-bond donors (Lipinski definition) is 1. The maximum absolute atomic E-state index is 12.2. The van der Waals surface area contributed by atoms with Gasteiger partial charge in [0.05, 0.1) is 34.4 Å². The van der Waals surface area contributed by atoms with Gasteiger partial charge in [0, 0.05) is 6.42 Å². The van der Waals surface area contributed by atoms with Crippen molar-refractivity contribution < 1.29 is 32.5 Å². The third-order valence-corrected chi connectivity index (χ3v) is 7.33. The van der Waals surface area contributed by atoms with Crippen molar-refractivity contribution in [3.8, 4) is 5.75 Å². The van der Waals surface area contributed by atoms with Crippen molar-refractivity contribution in [2.75, 3.05) is 47.5 Å². The fraction of sp³-hybridized carbons (Fsp3) is 0.759. The number of ether oxygens (including phenoxy) is 1. The molecule has 0 spiro atoms. The van der Waals surface area contributed by atoms with E-state index in [9.17, 15) is 14.3 Å². The Morgan fingerprint density at radius 2 is 1.51 bits per heavy atom. The molecule has 0 radical (unpaired) electrons. The highest BCUT2D eigenvalue weighted by atomic mass is 31.2. The van der Waals surface area contributed by atoms with Crippen molar-refractivity contribution in [2.45, 2.75) is 90.9 Å². The van der Waals surface area contributed by atoms with Gasteiger partial charge in [-0.2, -0.15) is 0 Å². The highest BCUT2D eigenvalue weighted by Gasteiger charge is 2.25. The smallest absolute Gasteiger partial charge is 0.472 e. The summed E-state index contributed by atoms with van der Waals surface area (Å²) in [4.78, 5) is 21.7. The van der Waals surface area contributed by atoms with E-state index in [1.54, 1.807) is 0 Å². The Hall–Kier alpha value is -1.24. The number of rotatable bonds is 23. The van der Waals surface area contributed by atoms with Crippen LogP contribution < -0.4 is 4.74 Å². The lowest BCUT2D eigenvalue weighted by Crippen LogP contribution is -2.37. The number of Topliss-reactive ketones (excluding diaryl/α,β-unsaturated/α-hetero) is 1. The van der Waals surface area contributed by atoms with Crippen LogP contribution >= 0.6 is 7.82 Å². The molecule has 0 saturated carbocycles. The van der Waals surface area contributed by atoms with E-state index in [0.29, 0.717) is 23.9 Å². The Labute approximate surface area is 226 Å². The van der Waals surface area contributed by atoms with Gasteiger partial charge in [0.15, 0.2) is 0 Å². The summed E-state index contributed by atoms with van der Waals surface area (Å²) < 4.78 is 29.0. The van der Waals surface area contributed by atoms with Crippen LogP contribution in [0.15, 0.2) is 24.3 Å². The number of carbonyl (C=O) groups excluding carboxylic acids is 1. The summed E-state index contributed by atoms with van der Waals surface area (Å²) in [5.41, 5.74) is 1.13. The van der Waals surface area contributed by atoms with Crippen LogP contribution in [-0.4, -0.2) is 62.7 Å². The highest BCUT2D eigenvalue weighted by Crippen LogP contribution is 2.43. The number of phosphoric acid groups is 1. The third kappa shape index (κ3) is 19.5. The summed E-state index contributed by atoms with van der Waals surface area (Å²) in [5.74, 6) is 0.759. The molecule has 0 aliphatic rings.